The summed E-state index contributed by atoms with van der Waals surface area (Å²) in [6.45, 7) is 5.49. The minimum absolute atomic E-state index is 0.152. The van der Waals surface area contributed by atoms with Gasteiger partial charge in [-0.2, -0.15) is 0 Å². The van der Waals surface area contributed by atoms with Gasteiger partial charge in [-0.1, -0.05) is 30.7 Å². The molecule has 32 heavy (non-hydrogen) atoms. The van der Waals surface area contributed by atoms with Gasteiger partial charge >= 0.3 is 6.09 Å². The maximum atomic E-state index is 12.7. The highest BCUT2D eigenvalue weighted by Crippen LogP contribution is 2.11. The largest absolute Gasteiger partial charge is 0.444 e. The molecule has 1 aromatic carbocycles. The predicted molar refractivity (Wildman–Crippen MR) is 122 cm³/mol. The Labute approximate surface area is 190 Å². The fraction of sp³-hybridized carbons (Fsp3) is 0.609. The first kappa shape index (κ1) is 27.4. The predicted octanol–water partition coefficient (Wildman–Crippen LogP) is 1.84. The topological polar surface area (TPSA) is 157 Å². The van der Waals surface area contributed by atoms with Crippen molar-refractivity contribution in [3.05, 3.63) is 35.4 Å². The molecule has 0 aliphatic rings. The van der Waals surface area contributed by atoms with Crippen LogP contribution in [-0.4, -0.2) is 40.9 Å². The van der Waals surface area contributed by atoms with E-state index < -0.39 is 24.0 Å². The SMILES string of the molecule is CC(C)(C)OC(=O)N[C@@H](CCC(N)O)C(=O)NCc1cccc(CCCCCC(N)=O)c1. The lowest BCUT2D eigenvalue weighted by molar-refractivity contribution is -0.123. The number of primary amides is 1. The van der Waals surface area contributed by atoms with E-state index >= 15 is 0 Å². The highest BCUT2D eigenvalue weighted by atomic mass is 16.6. The highest BCUT2D eigenvalue weighted by Gasteiger charge is 2.24. The quantitative estimate of drug-likeness (QED) is 0.228. The first-order chi connectivity index (χ1) is 15.0. The Kier molecular flexibility index (Phi) is 11.7. The van der Waals surface area contributed by atoms with E-state index in [0.29, 0.717) is 13.0 Å². The van der Waals surface area contributed by atoms with E-state index in [1.807, 2.05) is 24.3 Å². The molecule has 0 aromatic heterocycles. The van der Waals surface area contributed by atoms with E-state index in [-0.39, 0.29) is 24.7 Å². The molecule has 0 aliphatic heterocycles. The number of carbonyl (C=O) groups is 3. The van der Waals surface area contributed by atoms with Crippen LogP contribution in [0, 0.1) is 0 Å². The van der Waals surface area contributed by atoms with Crippen LogP contribution in [0.2, 0.25) is 0 Å². The smallest absolute Gasteiger partial charge is 0.408 e. The zero-order valence-electron chi connectivity index (χ0n) is 19.4. The number of carbonyl (C=O) groups excluding carboxylic acids is 3. The molecule has 2 atom stereocenters. The number of ether oxygens (including phenoxy) is 1. The van der Waals surface area contributed by atoms with Gasteiger partial charge in [0.1, 0.15) is 17.9 Å². The van der Waals surface area contributed by atoms with Gasteiger partial charge in [0.25, 0.3) is 0 Å². The Bertz CT molecular complexity index is 746. The number of benzene rings is 1. The van der Waals surface area contributed by atoms with Crippen molar-refractivity contribution in [2.24, 2.45) is 11.5 Å². The molecule has 180 valence electrons. The normalized spacial score (nSPS) is 13.2. The molecule has 1 rings (SSSR count). The fourth-order valence-electron chi connectivity index (χ4n) is 3.07. The lowest BCUT2D eigenvalue weighted by Crippen LogP contribution is -2.48. The summed E-state index contributed by atoms with van der Waals surface area (Å²) in [6, 6.07) is 7.01. The van der Waals surface area contributed by atoms with Crippen molar-refractivity contribution in [2.45, 2.75) is 90.1 Å². The molecule has 0 saturated heterocycles. The van der Waals surface area contributed by atoms with Gasteiger partial charge in [0.15, 0.2) is 0 Å². The summed E-state index contributed by atoms with van der Waals surface area (Å²) in [5.74, 6) is -0.656. The number of nitrogens with two attached hydrogens (primary N) is 2. The van der Waals surface area contributed by atoms with Gasteiger partial charge in [0, 0.05) is 13.0 Å². The summed E-state index contributed by atoms with van der Waals surface area (Å²) >= 11 is 0. The summed E-state index contributed by atoms with van der Waals surface area (Å²) in [4.78, 5) is 35.5. The van der Waals surface area contributed by atoms with Crippen molar-refractivity contribution in [1.29, 1.82) is 0 Å². The molecule has 1 aromatic rings. The number of aryl methyl sites for hydroxylation is 1. The van der Waals surface area contributed by atoms with Crippen molar-refractivity contribution in [2.75, 3.05) is 0 Å². The monoisotopic (exact) mass is 450 g/mol. The lowest BCUT2D eigenvalue weighted by Gasteiger charge is -2.23. The number of hydrogen-bond donors (Lipinski definition) is 5. The van der Waals surface area contributed by atoms with Crippen LogP contribution < -0.4 is 22.1 Å². The van der Waals surface area contributed by atoms with Crippen LogP contribution in [0.5, 0.6) is 0 Å². The summed E-state index contributed by atoms with van der Waals surface area (Å²) in [6.07, 6.45) is 2.49. The van der Waals surface area contributed by atoms with Crippen molar-refractivity contribution >= 4 is 17.9 Å². The molecule has 9 heteroatoms. The second-order valence-corrected chi connectivity index (χ2v) is 8.91. The van der Waals surface area contributed by atoms with Crippen LogP contribution in [0.3, 0.4) is 0 Å². The maximum Gasteiger partial charge on any atom is 0.408 e. The van der Waals surface area contributed by atoms with E-state index in [1.165, 1.54) is 0 Å². The molecule has 0 heterocycles. The van der Waals surface area contributed by atoms with E-state index in [2.05, 4.69) is 10.6 Å². The molecule has 0 saturated carbocycles. The first-order valence-electron chi connectivity index (χ1n) is 11.0. The van der Waals surface area contributed by atoms with Crippen LogP contribution in [0.15, 0.2) is 24.3 Å². The van der Waals surface area contributed by atoms with Crippen LogP contribution in [0.25, 0.3) is 0 Å². The van der Waals surface area contributed by atoms with Crippen molar-refractivity contribution in [1.82, 2.24) is 10.6 Å². The van der Waals surface area contributed by atoms with Gasteiger partial charge < -0.3 is 31.9 Å². The minimum Gasteiger partial charge on any atom is -0.444 e. The second kappa shape index (κ2) is 13.7. The number of hydrogen-bond acceptors (Lipinski definition) is 6. The van der Waals surface area contributed by atoms with E-state index in [0.717, 1.165) is 36.8 Å². The lowest BCUT2D eigenvalue weighted by atomic mass is 10.0. The number of alkyl carbamates (subject to hydrolysis) is 1. The van der Waals surface area contributed by atoms with Crippen LogP contribution >= 0.6 is 0 Å². The average Bonchev–Trinajstić information content (AvgIpc) is 2.67. The maximum absolute atomic E-state index is 12.7. The third-order valence-electron chi connectivity index (χ3n) is 4.61. The Morgan fingerprint density at radius 1 is 1.09 bits per heavy atom. The zero-order chi connectivity index (χ0) is 24.1. The fourth-order valence-corrected chi connectivity index (χ4v) is 3.07. The average molecular weight is 451 g/mol. The zero-order valence-corrected chi connectivity index (χ0v) is 19.4. The molecule has 0 fully saturated rings. The van der Waals surface area contributed by atoms with E-state index in [9.17, 15) is 19.5 Å². The number of amides is 3. The summed E-state index contributed by atoms with van der Waals surface area (Å²) < 4.78 is 5.22. The number of unbranched alkanes of at least 4 members (excludes halogenated alkanes) is 2. The second-order valence-electron chi connectivity index (χ2n) is 8.91. The van der Waals surface area contributed by atoms with Crippen molar-refractivity contribution in [3.8, 4) is 0 Å². The molecule has 0 bridgehead atoms. The van der Waals surface area contributed by atoms with E-state index in [4.69, 9.17) is 16.2 Å². The van der Waals surface area contributed by atoms with Gasteiger partial charge in [0.2, 0.25) is 11.8 Å². The van der Waals surface area contributed by atoms with Gasteiger partial charge in [-0.25, -0.2) is 4.79 Å². The Balaban J connectivity index is 2.60. The van der Waals surface area contributed by atoms with E-state index in [1.54, 1.807) is 20.8 Å². The number of rotatable bonds is 13. The van der Waals surface area contributed by atoms with Gasteiger partial charge in [-0.15, -0.1) is 0 Å². The molecule has 7 N–H and O–H groups in total. The Hall–Kier alpha value is -2.65. The molecule has 1 unspecified atom stereocenters. The third-order valence-corrected chi connectivity index (χ3v) is 4.61. The van der Waals surface area contributed by atoms with Crippen LogP contribution in [0.4, 0.5) is 4.79 Å². The highest BCUT2D eigenvalue weighted by molar-refractivity contribution is 5.85. The van der Waals surface area contributed by atoms with Crippen LogP contribution in [-0.2, 0) is 27.3 Å². The van der Waals surface area contributed by atoms with Crippen LogP contribution in [0.1, 0.15) is 70.4 Å². The molecule has 3 amide bonds. The summed E-state index contributed by atoms with van der Waals surface area (Å²) in [5.41, 5.74) is 11.9. The number of nitrogens with one attached hydrogen (secondary N) is 2. The van der Waals surface area contributed by atoms with Crippen molar-refractivity contribution in [3.63, 3.8) is 0 Å². The standard InChI is InChI=1S/C23H38N4O5/c1-23(2,3)32-22(31)27-18(12-13-20(25)29)21(30)26-15-17-10-7-9-16(14-17)8-5-4-6-11-19(24)28/h7,9-10,14,18,20,29H,4-6,8,11-13,15,25H2,1-3H3,(H2,24,28)(H,26,30)(H,27,31)/t18-,20?/m0/s1. The van der Waals surface area contributed by atoms with Gasteiger partial charge in [-0.05, 0) is 64.0 Å². The third kappa shape index (κ3) is 12.9. The summed E-state index contributed by atoms with van der Waals surface area (Å²) in [7, 11) is 0. The summed E-state index contributed by atoms with van der Waals surface area (Å²) in [5, 5.41) is 14.7. The van der Waals surface area contributed by atoms with Gasteiger partial charge in [-0.3, -0.25) is 9.59 Å². The Morgan fingerprint density at radius 2 is 1.78 bits per heavy atom. The molecular weight excluding hydrogens is 412 g/mol. The molecular formula is C23H38N4O5. The minimum atomic E-state index is -1.08. The number of aliphatic hydroxyl groups is 1. The molecule has 0 spiro atoms. The molecule has 0 radical (unpaired) electrons. The molecule has 9 nitrogen and oxygen atoms in total. The molecule has 0 aliphatic carbocycles. The van der Waals surface area contributed by atoms with Gasteiger partial charge in [0.05, 0.1) is 0 Å². The number of aliphatic hydroxyl groups excluding tert-OH is 1. The first-order valence-corrected chi connectivity index (χ1v) is 11.0. The van der Waals surface area contributed by atoms with Crippen molar-refractivity contribution < 1.29 is 24.2 Å². The Morgan fingerprint density at radius 3 is 2.41 bits per heavy atom.